The van der Waals surface area contributed by atoms with Gasteiger partial charge in [0.05, 0.1) is 17.2 Å². The molecule has 0 N–H and O–H groups in total. The van der Waals surface area contributed by atoms with E-state index >= 15 is 0 Å². The molecule has 0 aliphatic carbocycles. The first kappa shape index (κ1) is 17.9. The van der Waals surface area contributed by atoms with Gasteiger partial charge in [0.1, 0.15) is 6.61 Å². The van der Waals surface area contributed by atoms with Crippen LogP contribution in [0.4, 0.5) is 4.79 Å². The van der Waals surface area contributed by atoms with Gasteiger partial charge in [0, 0.05) is 7.11 Å². The molecule has 0 aromatic heterocycles. The molecule has 7 nitrogen and oxygen atoms in total. The minimum atomic E-state index is -1.13. The molecule has 7 heteroatoms. The monoisotopic (exact) mass is 312 g/mol. The Morgan fingerprint density at radius 3 is 2.41 bits per heavy atom. The highest BCUT2D eigenvalue weighted by Gasteiger charge is 2.12. The van der Waals surface area contributed by atoms with Crippen molar-refractivity contribution in [2.45, 2.75) is 26.2 Å². The topological polar surface area (TPSA) is 80.3 Å². The Balaban J connectivity index is 2.28. The molecule has 0 saturated carbocycles. The Bertz CT molecular complexity index is 455. The molecule has 122 valence electrons. The lowest BCUT2D eigenvalue weighted by Gasteiger charge is -2.04. The molecule has 0 spiro atoms. The van der Waals surface area contributed by atoms with E-state index in [0.717, 1.165) is 24.8 Å². The van der Waals surface area contributed by atoms with Gasteiger partial charge in [-0.15, -0.1) is 0 Å². The first-order valence-corrected chi connectivity index (χ1v) is 6.97. The summed E-state index contributed by atoms with van der Waals surface area (Å²) in [5.74, 6) is -0.772. The zero-order chi connectivity index (χ0) is 16.2. The van der Waals surface area contributed by atoms with Crippen LogP contribution in [0.3, 0.4) is 0 Å². The van der Waals surface area contributed by atoms with Crippen LogP contribution in [0, 0.1) is 0 Å². The molecule has 0 heterocycles. The number of carbonyl (C=O) groups excluding carboxylic acids is 2. The summed E-state index contributed by atoms with van der Waals surface area (Å²) in [6, 6.07) is 6.92. The second-order valence-electron chi connectivity index (χ2n) is 4.41. The summed E-state index contributed by atoms with van der Waals surface area (Å²) < 4.78 is 9.19. The van der Waals surface area contributed by atoms with E-state index in [0.29, 0.717) is 0 Å². The third-order valence-corrected chi connectivity index (χ3v) is 2.73. The normalized spacial score (nSPS) is 10.1. The quantitative estimate of drug-likeness (QED) is 0.300. The van der Waals surface area contributed by atoms with Crippen LogP contribution in [0.2, 0.25) is 0 Å². The van der Waals surface area contributed by atoms with Gasteiger partial charge in [-0.3, -0.25) is 4.89 Å². The van der Waals surface area contributed by atoms with Gasteiger partial charge >= 0.3 is 12.1 Å². The molecule has 0 fully saturated rings. The van der Waals surface area contributed by atoms with E-state index in [2.05, 4.69) is 31.2 Å². The van der Waals surface area contributed by atoms with Crippen LogP contribution < -0.4 is 0 Å². The van der Waals surface area contributed by atoms with Crippen molar-refractivity contribution < 1.29 is 33.9 Å². The zero-order valence-corrected chi connectivity index (χ0v) is 12.7. The smallest absolute Gasteiger partial charge is 0.430 e. The first-order valence-electron chi connectivity index (χ1n) is 6.97. The van der Waals surface area contributed by atoms with Gasteiger partial charge in [-0.1, -0.05) is 25.5 Å². The van der Waals surface area contributed by atoms with Gasteiger partial charge in [0.2, 0.25) is 0 Å². The minimum Gasteiger partial charge on any atom is -0.430 e. The van der Waals surface area contributed by atoms with Crippen LogP contribution >= 0.6 is 0 Å². The van der Waals surface area contributed by atoms with Crippen molar-refractivity contribution in [2.24, 2.45) is 0 Å². The Morgan fingerprint density at radius 2 is 1.77 bits per heavy atom. The summed E-state index contributed by atoms with van der Waals surface area (Å²) in [5.41, 5.74) is 1.42. The standard InChI is InChI=1S/C15H20O7/c1-3-4-5-12-6-8-13(9-7-12)14(16)20-22-21-15(17)19-11-10-18-2/h6-9H,3-5,10-11H2,1-2H3. The van der Waals surface area contributed by atoms with Gasteiger partial charge in [-0.2, -0.15) is 0 Å². The number of hydrogen-bond donors (Lipinski definition) is 0. The van der Waals surface area contributed by atoms with Crippen molar-refractivity contribution >= 4 is 12.1 Å². The molecule has 1 aromatic rings. The van der Waals surface area contributed by atoms with Gasteiger partial charge < -0.3 is 9.47 Å². The van der Waals surface area contributed by atoms with E-state index in [1.54, 1.807) is 12.1 Å². The number of benzene rings is 1. The molecule has 1 aromatic carbocycles. The summed E-state index contributed by atoms with van der Waals surface area (Å²) in [6.45, 7) is 2.34. The maximum Gasteiger partial charge on any atom is 0.543 e. The van der Waals surface area contributed by atoms with E-state index in [-0.39, 0.29) is 18.8 Å². The van der Waals surface area contributed by atoms with Crippen LogP contribution in [0.5, 0.6) is 0 Å². The van der Waals surface area contributed by atoms with Gasteiger partial charge in [0.15, 0.2) is 0 Å². The molecule has 0 aliphatic rings. The third-order valence-electron chi connectivity index (χ3n) is 2.73. The zero-order valence-electron chi connectivity index (χ0n) is 12.7. The molecule has 1 rings (SSSR count). The fourth-order valence-corrected chi connectivity index (χ4v) is 1.54. The van der Waals surface area contributed by atoms with Crippen molar-refractivity contribution in [1.82, 2.24) is 0 Å². The molecule has 0 atom stereocenters. The number of carbonyl (C=O) groups is 2. The number of methoxy groups -OCH3 is 1. The highest BCUT2D eigenvalue weighted by molar-refractivity contribution is 5.88. The first-order chi connectivity index (χ1) is 10.7. The number of unbranched alkanes of at least 4 members (excludes halogenated alkanes) is 1. The SMILES string of the molecule is CCCCc1ccc(C(=O)OOOC(=O)OCCOC)cc1. The van der Waals surface area contributed by atoms with Crippen molar-refractivity contribution in [3.63, 3.8) is 0 Å². The third kappa shape index (κ3) is 7.05. The van der Waals surface area contributed by atoms with Crippen LogP contribution in [-0.2, 0) is 30.7 Å². The van der Waals surface area contributed by atoms with Crippen molar-refractivity contribution in [3.05, 3.63) is 35.4 Å². The molecule has 0 amide bonds. The molecular formula is C15H20O7. The molecule has 0 saturated heterocycles. The fourth-order valence-electron chi connectivity index (χ4n) is 1.54. The van der Waals surface area contributed by atoms with Crippen LogP contribution in [0.25, 0.3) is 0 Å². The van der Waals surface area contributed by atoms with Crippen molar-refractivity contribution in [1.29, 1.82) is 0 Å². The van der Waals surface area contributed by atoms with Crippen molar-refractivity contribution in [3.8, 4) is 0 Å². The van der Waals surface area contributed by atoms with Crippen molar-refractivity contribution in [2.75, 3.05) is 20.3 Å². The Labute approximate surface area is 128 Å². The maximum atomic E-state index is 11.6. The van der Waals surface area contributed by atoms with Gasteiger partial charge in [-0.05, 0) is 30.5 Å². The highest BCUT2D eigenvalue weighted by Crippen LogP contribution is 2.09. The summed E-state index contributed by atoms with van der Waals surface area (Å²) >= 11 is 0. The van der Waals surface area contributed by atoms with E-state index in [1.807, 2.05) is 12.1 Å². The average Bonchev–Trinajstić information content (AvgIpc) is 2.53. The minimum absolute atomic E-state index is 0.00582. The lowest BCUT2D eigenvalue weighted by atomic mass is 10.1. The highest BCUT2D eigenvalue weighted by atomic mass is 17.5. The van der Waals surface area contributed by atoms with Gasteiger partial charge in [0.25, 0.3) is 0 Å². The second-order valence-corrected chi connectivity index (χ2v) is 4.41. The number of hydrogen-bond acceptors (Lipinski definition) is 7. The average molecular weight is 312 g/mol. The number of ether oxygens (including phenoxy) is 2. The number of rotatable bonds is 9. The summed E-state index contributed by atoms with van der Waals surface area (Å²) in [6.07, 6.45) is 2.03. The number of aryl methyl sites for hydroxylation is 1. The van der Waals surface area contributed by atoms with Crippen LogP contribution in [0.15, 0.2) is 24.3 Å². The molecular weight excluding hydrogens is 292 g/mol. The largest absolute Gasteiger partial charge is 0.543 e. The second kappa shape index (κ2) is 10.6. The Kier molecular flexibility index (Phi) is 8.63. The predicted molar refractivity (Wildman–Crippen MR) is 75.9 cm³/mol. The fraction of sp³-hybridized carbons (Fsp3) is 0.467. The predicted octanol–water partition coefficient (Wildman–Crippen LogP) is 2.83. The Hall–Kier alpha value is -2.12. The van der Waals surface area contributed by atoms with E-state index < -0.39 is 12.1 Å². The summed E-state index contributed by atoms with van der Waals surface area (Å²) in [7, 11) is 1.46. The van der Waals surface area contributed by atoms with E-state index in [9.17, 15) is 9.59 Å². The summed E-state index contributed by atoms with van der Waals surface area (Å²) in [4.78, 5) is 31.0. The van der Waals surface area contributed by atoms with E-state index in [4.69, 9.17) is 0 Å². The molecule has 0 bridgehead atoms. The van der Waals surface area contributed by atoms with Crippen LogP contribution in [-0.4, -0.2) is 32.4 Å². The maximum absolute atomic E-state index is 11.6. The molecule has 0 unspecified atom stereocenters. The van der Waals surface area contributed by atoms with Gasteiger partial charge in [-0.25, -0.2) is 14.5 Å². The lowest BCUT2D eigenvalue weighted by Crippen LogP contribution is -2.14. The Morgan fingerprint density at radius 1 is 1.05 bits per heavy atom. The van der Waals surface area contributed by atoms with Crippen LogP contribution in [0.1, 0.15) is 35.7 Å². The summed E-state index contributed by atoms with van der Waals surface area (Å²) in [5, 5.41) is 4.07. The molecule has 0 radical (unpaired) electrons. The molecule has 0 aliphatic heterocycles. The lowest BCUT2D eigenvalue weighted by molar-refractivity contribution is -0.452. The molecule has 22 heavy (non-hydrogen) atoms. The van der Waals surface area contributed by atoms with E-state index in [1.165, 1.54) is 7.11 Å².